The first-order chi connectivity index (χ1) is 12.6. The zero-order chi connectivity index (χ0) is 18.1. The van der Waals surface area contributed by atoms with E-state index >= 15 is 0 Å². The molecule has 3 aromatic rings. The molecule has 0 bridgehead atoms. The van der Waals surface area contributed by atoms with Crippen molar-refractivity contribution in [3.63, 3.8) is 0 Å². The van der Waals surface area contributed by atoms with Gasteiger partial charge in [-0.3, -0.25) is 9.59 Å². The molecule has 0 saturated carbocycles. The first-order valence-electron chi connectivity index (χ1n) is 8.46. The third-order valence-electron chi connectivity index (χ3n) is 4.68. The number of carbonyl (C=O) groups is 2. The summed E-state index contributed by atoms with van der Waals surface area (Å²) >= 11 is 3.39. The molecule has 5 heteroatoms. The van der Waals surface area contributed by atoms with Crippen LogP contribution in [-0.4, -0.2) is 18.4 Å². The van der Waals surface area contributed by atoms with Gasteiger partial charge in [0.2, 0.25) is 11.8 Å². The molecule has 2 amide bonds. The van der Waals surface area contributed by atoms with Gasteiger partial charge >= 0.3 is 0 Å². The third kappa shape index (κ3) is 3.22. The van der Waals surface area contributed by atoms with Crippen LogP contribution in [0.15, 0.2) is 71.2 Å². The summed E-state index contributed by atoms with van der Waals surface area (Å²) in [5.74, 6) is -0.496. The third-order valence-corrected chi connectivity index (χ3v) is 5.21. The van der Waals surface area contributed by atoms with E-state index in [2.05, 4.69) is 21.2 Å². The van der Waals surface area contributed by atoms with Crippen LogP contribution in [0.25, 0.3) is 10.8 Å². The molecule has 26 heavy (non-hydrogen) atoms. The molecule has 3 aromatic carbocycles. The number of rotatable bonds is 3. The maximum absolute atomic E-state index is 12.7. The number of nitrogens with one attached hydrogen (secondary N) is 1. The van der Waals surface area contributed by atoms with Crippen molar-refractivity contribution in [3.8, 4) is 0 Å². The number of hydrogen-bond donors (Lipinski definition) is 1. The second-order valence-corrected chi connectivity index (χ2v) is 7.31. The Kier molecular flexibility index (Phi) is 4.47. The van der Waals surface area contributed by atoms with Crippen molar-refractivity contribution in [3.05, 3.63) is 71.2 Å². The van der Waals surface area contributed by atoms with Crippen molar-refractivity contribution >= 4 is 49.9 Å². The second-order valence-electron chi connectivity index (χ2n) is 6.40. The average molecular weight is 409 g/mol. The van der Waals surface area contributed by atoms with Gasteiger partial charge in [-0.15, -0.1) is 0 Å². The number of halogens is 1. The van der Waals surface area contributed by atoms with E-state index in [4.69, 9.17) is 0 Å². The Morgan fingerprint density at radius 3 is 2.54 bits per heavy atom. The summed E-state index contributed by atoms with van der Waals surface area (Å²) in [6.07, 6.45) is 0.229. The van der Waals surface area contributed by atoms with E-state index < -0.39 is 0 Å². The van der Waals surface area contributed by atoms with Gasteiger partial charge in [0.25, 0.3) is 0 Å². The largest absolute Gasteiger partial charge is 0.325 e. The van der Waals surface area contributed by atoms with Gasteiger partial charge in [-0.25, -0.2) is 0 Å². The van der Waals surface area contributed by atoms with Crippen LogP contribution in [0.1, 0.15) is 6.42 Å². The number of amides is 2. The van der Waals surface area contributed by atoms with Crippen molar-refractivity contribution < 1.29 is 9.59 Å². The maximum Gasteiger partial charge on any atom is 0.229 e. The molecule has 1 fully saturated rings. The number of nitrogens with zero attached hydrogens (tertiary/aromatic N) is 1. The van der Waals surface area contributed by atoms with E-state index in [-0.39, 0.29) is 24.2 Å². The second kappa shape index (κ2) is 6.92. The number of hydrogen-bond acceptors (Lipinski definition) is 2. The highest BCUT2D eigenvalue weighted by Gasteiger charge is 2.35. The normalized spacial score (nSPS) is 16.9. The molecular formula is C21H17BrN2O2. The van der Waals surface area contributed by atoms with Crippen LogP contribution in [0.5, 0.6) is 0 Å². The fourth-order valence-corrected chi connectivity index (χ4v) is 3.59. The monoisotopic (exact) mass is 408 g/mol. The van der Waals surface area contributed by atoms with Gasteiger partial charge in [-0.1, -0.05) is 52.3 Å². The molecule has 0 aromatic heterocycles. The molecular weight excluding hydrogens is 392 g/mol. The summed E-state index contributed by atoms with van der Waals surface area (Å²) in [6.45, 7) is 0.400. The van der Waals surface area contributed by atoms with E-state index in [1.807, 2.05) is 66.7 Å². The number of carbonyl (C=O) groups excluding carboxylic acids is 2. The van der Waals surface area contributed by atoms with Gasteiger partial charge in [-0.2, -0.15) is 0 Å². The van der Waals surface area contributed by atoms with Gasteiger partial charge in [-0.05, 0) is 35.7 Å². The standard InChI is InChI=1S/C21H17BrN2O2/c22-16-8-10-17(11-9-16)24-13-15(12-20(24)25)21(26)23-19-7-3-5-14-4-1-2-6-18(14)19/h1-11,15H,12-13H2,(H,23,26). The molecule has 1 unspecified atom stereocenters. The molecule has 1 aliphatic heterocycles. The van der Waals surface area contributed by atoms with Crippen molar-refractivity contribution in [2.24, 2.45) is 5.92 Å². The van der Waals surface area contributed by atoms with Crippen LogP contribution in [0, 0.1) is 5.92 Å². The first kappa shape index (κ1) is 16.8. The molecule has 4 nitrogen and oxygen atoms in total. The van der Waals surface area contributed by atoms with Gasteiger partial charge in [0.15, 0.2) is 0 Å². The topological polar surface area (TPSA) is 49.4 Å². The summed E-state index contributed by atoms with van der Waals surface area (Å²) in [5.41, 5.74) is 1.60. The van der Waals surface area contributed by atoms with Crippen LogP contribution in [-0.2, 0) is 9.59 Å². The van der Waals surface area contributed by atoms with Crippen molar-refractivity contribution in [2.45, 2.75) is 6.42 Å². The molecule has 1 heterocycles. The van der Waals surface area contributed by atoms with E-state index in [9.17, 15) is 9.59 Å². The Bertz CT molecular complexity index is 979. The summed E-state index contributed by atoms with van der Waals surface area (Å²) in [4.78, 5) is 26.8. The van der Waals surface area contributed by atoms with Gasteiger partial charge in [0.1, 0.15) is 0 Å². The smallest absolute Gasteiger partial charge is 0.229 e. The molecule has 1 N–H and O–H groups in total. The molecule has 1 atom stereocenters. The molecule has 4 rings (SSSR count). The van der Waals surface area contributed by atoms with Crippen molar-refractivity contribution in [1.29, 1.82) is 0 Å². The predicted octanol–water partition coefficient (Wildman–Crippen LogP) is 4.59. The Balaban J connectivity index is 1.52. The fourth-order valence-electron chi connectivity index (χ4n) is 3.32. The van der Waals surface area contributed by atoms with Crippen LogP contribution in [0.3, 0.4) is 0 Å². The van der Waals surface area contributed by atoms with Crippen LogP contribution in [0.4, 0.5) is 11.4 Å². The quantitative estimate of drug-likeness (QED) is 0.688. The summed E-state index contributed by atoms with van der Waals surface area (Å²) in [6, 6.07) is 21.3. The minimum atomic E-state index is -0.356. The first-order valence-corrected chi connectivity index (χ1v) is 9.26. The minimum Gasteiger partial charge on any atom is -0.325 e. The highest BCUT2D eigenvalue weighted by molar-refractivity contribution is 9.10. The number of fused-ring (bicyclic) bond motifs is 1. The molecule has 0 spiro atoms. The lowest BCUT2D eigenvalue weighted by Gasteiger charge is -2.17. The Hall–Kier alpha value is -2.66. The van der Waals surface area contributed by atoms with Gasteiger partial charge in [0.05, 0.1) is 5.92 Å². The Morgan fingerprint density at radius 2 is 1.73 bits per heavy atom. The minimum absolute atomic E-state index is 0.0228. The van der Waals surface area contributed by atoms with E-state index in [1.54, 1.807) is 4.90 Å². The van der Waals surface area contributed by atoms with Crippen LogP contribution >= 0.6 is 15.9 Å². The zero-order valence-electron chi connectivity index (χ0n) is 14.0. The van der Waals surface area contributed by atoms with Crippen molar-refractivity contribution in [2.75, 3.05) is 16.8 Å². The molecule has 0 radical (unpaired) electrons. The zero-order valence-corrected chi connectivity index (χ0v) is 15.6. The lowest BCUT2D eigenvalue weighted by atomic mass is 10.1. The van der Waals surface area contributed by atoms with Gasteiger partial charge in [0, 0.05) is 34.2 Å². The van der Waals surface area contributed by atoms with E-state index in [1.165, 1.54) is 0 Å². The average Bonchev–Trinajstić information content (AvgIpc) is 3.05. The fraction of sp³-hybridized carbons (Fsp3) is 0.143. The van der Waals surface area contributed by atoms with Gasteiger partial charge < -0.3 is 10.2 Å². The summed E-state index contributed by atoms with van der Waals surface area (Å²) in [5, 5.41) is 5.07. The molecule has 130 valence electrons. The maximum atomic E-state index is 12.7. The summed E-state index contributed by atoms with van der Waals surface area (Å²) in [7, 11) is 0. The SMILES string of the molecule is O=C(Nc1cccc2ccccc12)C1CC(=O)N(c2ccc(Br)cc2)C1. The van der Waals surface area contributed by atoms with Crippen molar-refractivity contribution in [1.82, 2.24) is 0 Å². The van der Waals surface area contributed by atoms with Crippen LogP contribution in [0.2, 0.25) is 0 Å². The lowest BCUT2D eigenvalue weighted by Crippen LogP contribution is -2.28. The summed E-state index contributed by atoms with van der Waals surface area (Å²) < 4.78 is 0.957. The molecule has 0 aliphatic carbocycles. The highest BCUT2D eigenvalue weighted by Crippen LogP contribution is 2.28. The van der Waals surface area contributed by atoms with E-state index in [0.29, 0.717) is 6.54 Å². The predicted molar refractivity (Wildman–Crippen MR) is 107 cm³/mol. The lowest BCUT2D eigenvalue weighted by molar-refractivity contribution is -0.122. The number of benzene rings is 3. The Morgan fingerprint density at radius 1 is 1.00 bits per heavy atom. The molecule has 1 saturated heterocycles. The highest BCUT2D eigenvalue weighted by atomic mass is 79.9. The van der Waals surface area contributed by atoms with E-state index in [0.717, 1.165) is 26.6 Å². The van der Waals surface area contributed by atoms with Crippen LogP contribution < -0.4 is 10.2 Å². The number of anilines is 2. The molecule has 1 aliphatic rings. The Labute approximate surface area is 159 Å².